The number of unbranched alkanes of at least 4 members (excludes halogenated alkanes) is 13. The molecule has 1 rings (SSSR count). The molecule has 2 unspecified atom stereocenters. The van der Waals surface area contributed by atoms with E-state index in [1.807, 2.05) is 0 Å². The van der Waals surface area contributed by atoms with Gasteiger partial charge in [-0.2, -0.15) is 0 Å². The van der Waals surface area contributed by atoms with Gasteiger partial charge in [-0.05, 0) is 70.6 Å². The topological polar surface area (TPSA) is 152 Å². The van der Waals surface area contributed by atoms with Crippen molar-refractivity contribution in [1.82, 2.24) is 0 Å². The Kier molecular flexibility index (Phi) is 32.8. The van der Waals surface area contributed by atoms with Crippen molar-refractivity contribution in [2.45, 2.75) is 192 Å². The van der Waals surface area contributed by atoms with Gasteiger partial charge in [-0.25, -0.2) is 0 Å². The van der Waals surface area contributed by atoms with Crippen molar-refractivity contribution in [2.24, 2.45) is 0 Å². The first-order valence-electron chi connectivity index (χ1n) is 21.4. The van der Waals surface area contributed by atoms with Gasteiger partial charge in [-0.3, -0.25) is 9.59 Å². The summed E-state index contributed by atoms with van der Waals surface area (Å²) in [6.07, 6.45) is 35.1. The Balaban J connectivity index is 2.39. The Hall–Kier alpha value is -2.60. The third-order valence-electron chi connectivity index (χ3n) is 9.39. The molecule has 0 aromatic carbocycles. The number of ether oxygens (including phenoxy) is 4. The van der Waals surface area contributed by atoms with E-state index in [2.05, 4.69) is 74.6 Å². The van der Waals surface area contributed by atoms with Crippen LogP contribution in [0.15, 0.2) is 60.8 Å². The molecule has 0 amide bonds. The number of carbonyl (C=O) groups is 2. The van der Waals surface area contributed by atoms with Crippen LogP contribution in [0.25, 0.3) is 0 Å². The van der Waals surface area contributed by atoms with E-state index in [1.54, 1.807) is 0 Å². The quantitative estimate of drug-likeness (QED) is 0.0284. The van der Waals surface area contributed by atoms with Crippen LogP contribution in [0.4, 0.5) is 0 Å². The number of allylic oxidation sites excluding steroid dienone is 10. The van der Waals surface area contributed by atoms with Crippen LogP contribution < -0.4 is 0 Å². The van der Waals surface area contributed by atoms with Gasteiger partial charge in [0.05, 0.1) is 13.2 Å². The number of carbonyl (C=O) groups excluding carboxylic acids is 2. The first kappa shape index (κ1) is 50.4. The highest BCUT2D eigenvalue weighted by atomic mass is 16.7. The molecule has 0 bridgehead atoms. The minimum atomic E-state index is -1.60. The molecule has 0 aromatic rings. The molecule has 6 atom stereocenters. The van der Waals surface area contributed by atoms with E-state index < -0.39 is 55.4 Å². The molecule has 0 aliphatic carbocycles. The molecule has 0 radical (unpaired) electrons. The standard InChI is InChI=1S/C45H76O10/c1-3-5-7-9-11-13-15-17-19-21-23-25-27-29-31-33-40(47)52-36-38(37-53-45-44(51)43(50)42(49)39(35-46)55-45)54-41(48)34-32-30-28-26-24-22-20-18-16-14-12-10-8-6-4-2/h6,8-9,11-12,14,18,20,24,26,38-39,42-46,49-51H,3-5,7,10,13,15-17,19,21-23,25,27-37H2,1-2H3/b8-6+,11-9+,14-12+,20-18+,26-24+/t38-,39-,42+,43?,44?,45-/m0/s1. The summed E-state index contributed by atoms with van der Waals surface area (Å²) >= 11 is 0. The molecule has 10 nitrogen and oxygen atoms in total. The predicted octanol–water partition coefficient (Wildman–Crippen LogP) is 8.66. The SMILES string of the molecule is CC/C=C/C/C=C/C/C=C/C/C=C/CCCCC(=O)O[C@@H](COC(=O)CCCCCCCCCCC/C=C/CCCC)CO[C@H]1O[C@@H](CO)[C@@H](O)C(O)C1O. The van der Waals surface area contributed by atoms with E-state index in [4.69, 9.17) is 18.9 Å². The summed E-state index contributed by atoms with van der Waals surface area (Å²) in [7, 11) is 0. The highest BCUT2D eigenvalue weighted by Crippen LogP contribution is 2.22. The number of aliphatic hydroxyl groups excluding tert-OH is 4. The van der Waals surface area contributed by atoms with Crippen molar-refractivity contribution in [3.8, 4) is 0 Å². The second-order valence-electron chi connectivity index (χ2n) is 14.4. The lowest BCUT2D eigenvalue weighted by Gasteiger charge is -2.39. The Morgan fingerprint density at radius 2 is 1.07 bits per heavy atom. The average Bonchev–Trinajstić information content (AvgIpc) is 3.18. The molecule has 0 saturated carbocycles. The van der Waals surface area contributed by atoms with Gasteiger partial charge in [0.25, 0.3) is 0 Å². The lowest BCUT2D eigenvalue weighted by molar-refractivity contribution is -0.305. The van der Waals surface area contributed by atoms with E-state index in [0.29, 0.717) is 12.8 Å². The van der Waals surface area contributed by atoms with Crippen molar-refractivity contribution in [3.05, 3.63) is 60.8 Å². The smallest absolute Gasteiger partial charge is 0.306 e. The number of hydrogen-bond acceptors (Lipinski definition) is 10. The second kappa shape index (κ2) is 35.8. The normalized spacial score (nSPS) is 21.2. The molecule has 10 heteroatoms. The van der Waals surface area contributed by atoms with Crippen molar-refractivity contribution in [1.29, 1.82) is 0 Å². The third kappa shape index (κ3) is 27.6. The van der Waals surface area contributed by atoms with Crippen molar-refractivity contribution < 1.29 is 49.0 Å². The van der Waals surface area contributed by atoms with Gasteiger partial charge in [-0.15, -0.1) is 0 Å². The van der Waals surface area contributed by atoms with E-state index in [-0.39, 0.29) is 26.1 Å². The van der Waals surface area contributed by atoms with Crippen LogP contribution >= 0.6 is 0 Å². The summed E-state index contributed by atoms with van der Waals surface area (Å²) in [5, 5.41) is 40.0. The first-order chi connectivity index (χ1) is 26.8. The monoisotopic (exact) mass is 777 g/mol. The molecule has 1 saturated heterocycles. The van der Waals surface area contributed by atoms with E-state index in [9.17, 15) is 30.0 Å². The number of rotatable bonds is 34. The van der Waals surface area contributed by atoms with Crippen LogP contribution in [0, 0.1) is 0 Å². The molecule has 1 aliphatic heterocycles. The molecule has 55 heavy (non-hydrogen) atoms. The molecular formula is C45H76O10. The van der Waals surface area contributed by atoms with Crippen molar-refractivity contribution >= 4 is 11.9 Å². The number of aliphatic hydroxyl groups is 4. The second-order valence-corrected chi connectivity index (χ2v) is 14.4. The summed E-state index contributed by atoms with van der Waals surface area (Å²) in [6.45, 7) is 3.22. The van der Waals surface area contributed by atoms with Gasteiger partial charge in [-0.1, -0.05) is 132 Å². The Morgan fingerprint density at radius 3 is 1.67 bits per heavy atom. The molecule has 4 N–H and O–H groups in total. The summed E-state index contributed by atoms with van der Waals surface area (Å²) in [5.74, 6) is -0.863. The fourth-order valence-corrected chi connectivity index (χ4v) is 5.98. The fourth-order valence-electron chi connectivity index (χ4n) is 5.98. The lowest BCUT2D eigenvalue weighted by atomic mass is 9.99. The summed E-state index contributed by atoms with van der Waals surface area (Å²) in [5.41, 5.74) is 0. The third-order valence-corrected chi connectivity index (χ3v) is 9.39. The lowest BCUT2D eigenvalue weighted by Crippen LogP contribution is -2.59. The molecule has 1 heterocycles. The van der Waals surface area contributed by atoms with Gasteiger partial charge in [0.15, 0.2) is 12.4 Å². The van der Waals surface area contributed by atoms with Gasteiger partial charge < -0.3 is 39.4 Å². The van der Waals surface area contributed by atoms with Gasteiger partial charge in [0, 0.05) is 12.8 Å². The van der Waals surface area contributed by atoms with Gasteiger partial charge >= 0.3 is 11.9 Å². The Morgan fingerprint density at radius 1 is 0.582 bits per heavy atom. The fraction of sp³-hybridized carbons (Fsp3) is 0.733. The molecule has 0 aromatic heterocycles. The zero-order valence-corrected chi connectivity index (χ0v) is 34.2. The van der Waals surface area contributed by atoms with Crippen LogP contribution in [0.2, 0.25) is 0 Å². The van der Waals surface area contributed by atoms with Crippen LogP contribution in [0.5, 0.6) is 0 Å². The molecule has 1 aliphatic rings. The highest BCUT2D eigenvalue weighted by Gasteiger charge is 2.44. The predicted molar refractivity (Wildman–Crippen MR) is 219 cm³/mol. The maximum absolute atomic E-state index is 12.7. The Bertz CT molecular complexity index is 1080. The largest absolute Gasteiger partial charge is 0.462 e. The van der Waals surface area contributed by atoms with Crippen LogP contribution in [0.1, 0.15) is 155 Å². The maximum Gasteiger partial charge on any atom is 0.306 e. The Labute approximate surface area is 332 Å². The zero-order chi connectivity index (χ0) is 40.2. The van der Waals surface area contributed by atoms with Crippen molar-refractivity contribution in [3.63, 3.8) is 0 Å². The highest BCUT2D eigenvalue weighted by molar-refractivity contribution is 5.70. The minimum Gasteiger partial charge on any atom is -0.462 e. The number of hydrogen-bond donors (Lipinski definition) is 4. The van der Waals surface area contributed by atoms with E-state index in [0.717, 1.165) is 57.8 Å². The van der Waals surface area contributed by atoms with Gasteiger partial charge in [0.2, 0.25) is 0 Å². The van der Waals surface area contributed by atoms with E-state index in [1.165, 1.54) is 57.8 Å². The molecular weight excluding hydrogens is 700 g/mol. The van der Waals surface area contributed by atoms with Crippen LogP contribution in [-0.4, -0.2) is 89.0 Å². The number of esters is 2. The summed E-state index contributed by atoms with van der Waals surface area (Å²) < 4.78 is 22.1. The summed E-state index contributed by atoms with van der Waals surface area (Å²) in [6, 6.07) is 0. The zero-order valence-electron chi connectivity index (χ0n) is 34.2. The maximum atomic E-state index is 12.7. The first-order valence-corrected chi connectivity index (χ1v) is 21.4. The van der Waals surface area contributed by atoms with Crippen LogP contribution in [-0.2, 0) is 28.5 Å². The van der Waals surface area contributed by atoms with Crippen LogP contribution in [0.3, 0.4) is 0 Å². The summed E-state index contributed by atoms with van der Waals surface area (Å²) in [4.78, 5) is 25.3. The average molecular weight is 777 g/mol. The van der Waals surface area contributed by atoms with Gasteiger partial charge in [0.1, 0.15) is 31.0 Å². The molecule has 316 valence electrons. The molecule has 0 spiro atoms. The minimum absolute atomic E-state index is 0.175. The van der Waals surface area contributed by atoms with E-state index >= 15 is 0 Å². The molecule has 1 fully saturated rings. The van der Waals surface area contributed by atoms with Crippen molar-refractivity contribution in [2.75, 3.05) is 19.8 Å².